The van der Waals surface area contributed by atoms with Gasteiger partial charge < -0.3 is 0 Å². The third-order valence-electron chi connectivity index (χ3n) is 3.49. The normalized spacial score (nSPS) is 14.9. The van der Waals surface area contributed by atoms with Crippen LogP contribution < -0.4 is 0 Å². The van der Waals surface area contributed by atoms with E-state index in [1.54, 1.807) is 0 Å². The van der Waals surface area contributed by atoms with Crippen LogP contribution in [0.5, 0.6) is 0 Å². The average Bonchev–Trinajstić information content (AvgIpc) is 2.51. The third kappa shape index (κ3) is 1.38. The summed E-state index contributed by atoms with van der Waals surface area (Å²) in [5.74, 6) is 0. The van der Waals surface area contributed by atoms with Crippen molar-refractivity contribution >= 4 is 18.9 Å². The van der Waals surface area contributed by atoms with Gasteiger partial charge in [0.1, 0.15) is 0 Å². The van der Waals surface area contributed by atoms with Crippen molar-refractivity contribution in [2.45, 2.75) is 19.3 Å². The van der Waals surface area contributed by atoms with Crippen LogP contribution in [0.4, 0.5) is 0 Å². The molecule has 0 spiro atoms. The molecule has 1 aliphatic carbocycles. The van der Waals surface area contributed by atoms with Gasteiger partial charge in [-0.1, -0.05) is 62.4 Å². The Morgan fingerprint density at radius 3 is 1.50 bits per heavy atom. The van der Waals surface area contributed by atoms with Crippen molar-refractivity contribution in [3.8, 4) is 11.1 Å². The van der Waals surface area contributed by atoms with Gasteiger partial charge in [-0.3, -0.25) is 0 Å². The summed E-state index contributed by atoms with van der Waals surface area (Å²) in [4.78, 5) is 0. The molecule has 0 saturated heterocycles. The minimum absolute atomic E-state index is 0. The van der Waals surface area contributed by atoms with E-state index in [1.165, 1.54) is 22.3 Å². The van der Waals surface area contributed by atoms with Crippen LogP contribution in [0.25, 0.3) is 11.1 Å². The van der Waals surface area contributed by atoms with Gasteiger partial charge in [0.2, 0.25) is 0 Å². The van der Waals surface area contributed by atoms with Crippen LogP contribution in [-0.2, 0) is 5.41 Å². The maximum absolute atomic E-state index is 2.30. The number of rotatable bonds is 0. The molecule has 3 rings (SSSR count). The molecule has 0 aromatic heterocycles. The van der Waals surface area contributed by atoms with Crippen molar-refractivity contribution in [1.82, 2.24) is 0 Å². The standard InChI is InChI=1S/C15H14.Li.H/c1-15(2)13-9-5-3-7-11(13)12-8-4-6-10-14(12)15;;/h3-10H,1-2H3;;. The molecule has 0 nitrogen and oxygen atoms in total. The van der Waals surface area contributed by atoms with E-state index in [9.17, 15) is 0 Å². The molecule has 1 heteroatoms. The van der Waals surface area contributed by atoms with E-state index in [0.29, 0.717) is 0 Å². The van der Waals surface area contributed by atoms with Crippen LogP contribution >= 0.6 is 0 Å². The quantitative estimate of drug-likeness (QED) is 0.575. The van der Waals surface area contributed by atoms with Crippen LogP contribution in [0.1, 0.15) is 25.0 Å². The SMILES string of the molecule is CC1(C)c2ccccc2-c2ccccc21.[LiH]. The zero-order chi connectivity index (χ0) is 10.5. The van der Waals surface area contributed by atoms with Crippen molar-refractivity contribution in [3.05, 3.63) is 59.7 Å². The molecule has 0 fully saturated rings. The van der Waals surface area contributed by atoms with E-state index in [-0.39, 0.29) is 24.3 Å². The monoisotopic (exact) mass is 202 g/mol. The van der Waals surface area contributed by atoms with Gasteiger partial charge in [0.25, 0.3) is 0 Å². The topological polar surface area (TPSA) is 0 Å². The zero-order valence-electron chi connectivity index (χ0n) is 9.12. The van der Waals surface area contributed by atoms with Gasteiger partial charge in [-0.2, -0.15) is 0 Å². The fourth-order valence-electron chi connectivity index (χ4n) is 2.67. The summed E-state index contributed by atoms with van der Waals surface area (Å²) < 4.78 is 0. The van der Waals surface area contributed by atoms with E-state index >= 15 is 0 Å². The minimum atomic E-state index is 0. The van der Waals surface area contributed by atoms with Crippen molar-refractivity contribution in [2.75, 3.05) is 0 Å². The van der Waals surface area contributed by atoms with Gasteiger partial charge in [0.05, 0.1) is 0 Å². The molecular weight excluding hydrogens is 187 g/mol. The molecule has 1 aliphatic rings. The van der Waals surface area contributed by atoms with Crippen molar-refractivity contribution in [3.63, 3.8) is 0 Å². The summed E-state index contributed by atoms with van der Waals surface area (Å²) in [6, 6.07) is 17.4. The van der Waals surface area contributed by atoms with Gasteiger partial charge >= 0.3 is 18.9 Å². The molecule has 0 aliphatic heterocycles. The zero-order valence-corrected chi connectivity index (χ0v) is 9.12. The molecule has 0 atom stereocenters. The Morgan fingerprint density at radius 1 is 0.688 bits per heavy atom. The van der Waals surface area contributed by atoms with E-state index in [4.69, 9.17) is 0 Å². The fraction of sp³-hybridized carbons (Fsp3) is 0.200. The van der Waals surface area contributed by atoms with Crippen molar-refractivity contribution in [1.29, 1.82) is 0 Å². The molecule has 76 valence electrons. The Kier molecular flexibility index (Phi) is 2.74. The number of hydrogen-bond donors (Lipinski definition) is 0. The molecule has 0 amide bonds. The Bertz CT molecular complexity index is 479. The van der Waals surface area contributed by atoms with Crippen molar-refractivity contribution in [2.24, 2.45) is 0 Å². The second kappa shape index (κ2) is 3.81. The van der Waals surface area contributed by atoms with Gasteiger partial charge in [-0.25, -0.2) is 0 Å². The van der Waals surface area contributed by atoms with E-state index < -0.39 is 0 Å². The summed E-state index contributed by atoms with van der Waals surface area (Å²) in [5, 5.41) is 0. The average molecular weight is 202 g/mol. The molecule has 0 heterocycles. The molecular formula is C15H15Li. The molecule has 0 radical (unpaired) electrons. The molecule has 0 saturated carbocycles. The van der Waals surface area contributed by atoms with Crippen LogP contribution in [-0.4, -0.2) is 18.9 Å². The van der Waals surface area contributed by atoms with Gasteiger partial charge in [-0.05, 0) is 22.3 Å². The van der Waals surface area contributed by atoms with Crippen LogP contribution in [0.3, 0.4) is 0 Å². The predicted octanol–water partition coefficient (Wildman–Crippen LogP) is 3.34. The van der Waals surface area contributed by atoms with Crippen LogP contribution in [0.15, 0.2) is 48.5 Å². The van der Waals surface area contributed by atoms with E-state index in [0.717, 1.165) is 0 Å². The first-order chi connectivity index (χ1) is 7.21. The van der Waals surface area contributed by atoms with Gasteiger partial charge in [0, 0.05) is 5.41 Å². The first-order valence-electron chi connectivity index (χ1n) is 5.40. The Labute approximate surface area is 109 Å². The molecule has 2 aromatic carbocycles. The summed E-state index contributed by atoms with van der Waals surface area (Å²) in [5.41, 5.74) is 5.86. The maximum atomic E-state index is 2.30. The molecule has 0 N–H and O–H groups in total. The van der Waals surface area contributed by atoms with E-state index in [2.05, 4.69) is 62.4 Å². The number of benzene rings is 2. The predicted molar refractivity (Wildman–Crippen MR) is 71.2 cm³/mol. The second-order valence-electron chi connectivity index (χ2n) is 4.72. The molecule has 0 unspecified atom stereocenters. The Morgan fingerprint density at radius 2 is 1.06 bits per heavy atom. The van der Waals surface area contributed by atoms with Gasteiger partial charge in [-0.15, -0.1) is 0 Å². The fourth-order valence-corrected chi connectivity index (χ4v) is 2.67. The molecule has 16 heavy (non-hydrogen) atoms. The van der Waals surface area contributed by atoms with Crippen LogP contribution in [0, 0.1) is 0 Å². The molecule has 0 bridgehead atoms. The Hall–Kier alpha value is -0.963. The first kappa shape index (κ1) is 11.5. The van der Waals surface area contributed by atoms with Crippen LogP contribution in [0.2, 0.25) is 0 Å². The van der Waals surface area contributed by atoms with Crippen molar-refractivity contribution < 1.29 is 0 Å². The summed E-state index contributed by atoms with van der Waals surface area (Å²) in [6.45, 7) is 4.61. The first-order valence-corrected chi connectivity index (χ1v) is 5.40. The second-order valence-corrected chi connectivity index (χ2v) is 4.72. The summed E-state index contributed by atoms with van der Waals surface area (Å²) in [7, 11) is 0. The van der Waals surface area contributed by atoms with Gasteiger partial charge in [0.15, 0.2) is 0 Å². The Balaban J connectivity index is 0.000000963. The number of fused-ring (bicyclic) bond motifs is 3. The summed E-state index contributed by atoms with van der Waals surface area (Å²) >= 11 is 0. The van der Waals surface area contributed by atoms with E-state index in [1.807, 2.05) is 0 Å². The summed E-state index contributed by atoms with van der Waals surface area (Å²) in [6.07, 6.45) is 0. The third-order valence-corrected chi connectivity index (χ3v) is 3.49. The number of hydrogen-bond acceptors (Lipinski definition) is 0. The molecule has 2 aromatic rings.